The van der Waals surface area contributed by atoms with E-state index >= 15 is 0 Å². The van der Waals surface area contributed by atoms with Gasteiger partial charge in [-0.25, -0.2) is 0 Å². The highest BCUT2D eigenvalue weighted by Crippen LogP contribution is 2.40. The summed E-state index contributed by atoms with van der Waals surface area (Å²) in [7, 11) is 0. The van der Waals surface area contributed by atoms with Crippen molar-refractivity contribution in [1.29, 1.82) is 0 Å². The maximum Gasteiger partial charge on any atom is 0.391 e. The molecule has 1 saturated carbocycles. The maximum absolute atomic E-state index is 12.7. The van der Waals surface area contributed by atoms with Gasteiger partial charge in [0.1, 0.15) is 0 Å². The molecule has 1 amide bonds. The first-order valence-electron chi connectivity index (χ1n) is 7.83. The average molecular weight is 326 g/mol. The van der Waals surface area contributed by atoms with Gasteiger partial charge in [0.25, 0.3) is 0 Å². The number of halogens is 4. The van der Waals surface area contributed by atoms with E-state index in [-0.39, 0.29) is 24.7 Å². The van der Waals surface area contributed by atoms with Crippen LogP contribution < -0.4 is 0 Å². The number of carbonyl (C=O) groups excluding carboxylic acids is 1. The zero-order chi connectivity index (χ0) is 15.5. The Labute approximate surface area is 129 Å². The van der Waals surface area contributed by atoms with E-state index < -0.39 is 12.1 Å². The standard InChI is InChI=1S/C15H23ClF3NO/c16-8-7-11-2-1-9-20(10-11)14(21)12-3-5-13(6-4-12)15(17,18)19/h11-13H,1-10H2. The van der Waals surface area contributed by atoms with Crippen LogP contribution in [0.2, 0.25) is 0 Å². The summed E-state index contributed by atoms with van der Waals surface area (Å²) in [6.45, 7) is 1.47. The van der Waals surface area contributed by atoms with Crippen LogP contribution >= 0.6 is 11.6 Å². The first kappa shape index (κ1) is 16.9. The second-order valence-corrected chi connectivity index (χ2v) is 6.74. The highest BCUT2D eigenvalue weighted by Gasteiger charge is 2.43. The predicted molar refractivity (Wildman–Crippen MR) is 76.1 cm³/mol. The second-order valence-electron chi connectivity index (χ2n) is 6.36. The summed E-state index contributed by atoms with van der Waals surface area (Å²) in [6, 6.07) is 0. The van der Waals surface area contributed by atoms with E-state index in [4.69, 9.17) is 11.6 Å². The van der Waals surface area contributed by atoms with Gasteiger partial charge in [0, 0.05) is 24.9 Å². The van der Waals surface area contributed by atoms with Crippen molar-refractivity contribution in [3.63, 3.8) is 0 Å². The first-order chi connectivity index (χ1) is 9.91. The average Bonchev–Trinajstić information content (AvgIpc) is 2.46. The van der Waals surface area contributed by atoms with Crippen LogP contribution in [0.15, 0.2) is 0 Å². The monoisotopic (exact) mass is 325 g/mol. The number of carbonyl (C=O) groups is 1. The predicted octanol–water partition coefficient (Wildman–Crippen LogP) is 4.22. The Hall–Kier alpha value is -0.450. The molecule has 2 aliphatic rings. The third kappa shape index (κ3) is 4.51. The van der Waals surface area contributed by atoms with Crippen LogP contribution in [0.3, 0.4) is 0 Å². The largest absolute Gasteiger partial charge is 0.391 e. The summed E-state index contributed by atoms with van der Waals surface area (Å²) >= 11 is 5.76. The molecular weight excluding hydrogens is 303 g/mol. The number of alkyl halides is 4. The lowest BCUT2D eigenvalue weighted by molar-refractivity contribution is -0.185. The Morgan fingerprint density at radius 3 is 2.38 bits per heavy atom. The van der Waals surface area contributed by atoms with Gasteiger partial charge in [-0.15, -0.1) is 11.6 Å². The highest BCUT2D eigenvalue weighted by atomic mass is 35.5. The van der Waals surface area contributed by atoms with E-state index in [0.717, 1.165) is 32.4 Å². The third-order valence-electron chi connectivity index (χ3n) is 4.89. The maximum atomic E-state index is 12.7. The molecule has 1 heterocycles. The summed E-state index contributed by atoms with van der Waals surface area (Å²) in [6.07, 6.45) is -0.184. The molecule has 0 spiro atoms. The van der Waals surface area contributed by atoms with Crippen LogP contribution in [0.1, 0.15) is 44.9 Å². The molecule has 0 N–H and O–H groups in total. The van der Waals surface area contributed by atoms with Crippen molar-refractivity contribution in [2.24, 2.45) is 17.8 Å². The molecule has 21 heavy (non-hydrogen) atoms. The van der Waals surface area contributed by atoms with E-state index in [0.29, 0.717) is 24.6 Å². The van der Waals surface area contributed by atoms with Gasteiger partial charge in [-0.3, -0.25) is 4.79 Å². The molecule has 2 rings (SSSR count). The van der Waals surface area contributed by atoms with Gasteiger partial charge in [0.15, 0.2) is 0 Å². The molecule has 122 valence electrons. The Balaban J connectivity index is 1.84. The van der Waals surface area contributed by atoms with E-state index in [2.05, 4.69) is 0 Å². The lowest BCUT2D eigenvalue weighted by atomic mass is 9.80. The minimum atomic E-state index is -4.11. The van der Waals surface area contributed by atoms with Crippen molar-refractivity contribution in [3.8, 4) is 0 Å². The summed E-state index contributed by atoms with van der Waals surface area (Å²) in [5, 5.41) is 0. The number of hydrogen-bond donors (Lipinski definition) is 0. The number of nitrogens with zero attached hydrogens (tertiary/aromatic N) is 1. The molecular formula is C15H23ClF3NO. The lowest BCUT2D eigenvalue weighted by Gasteiger charge is -2.37. The fraction of sp³-hybridized carbons (Fsp3) is 0.933. The SMILES string of the molecule is O=C(C1CCC(C(F)(F)F)CC1)N1CCCC(CCCl)C1. The minimum Gasteiger partial charge on any atom is -0.342 e. The summed E-state index contributed by atoms with van der Waals surface area (Å²) in [4.78, 5) is 14.3. The van der Waals surface area contributed by atoms with E-state index in [1.54, 1.807) is 0 Å². The molecule has 1 aliphatic carbocycles. The van der Waals surface area contributed by atoms with Crippen LogP contribution in [0, 0.1) is 17.8 Å². The second kappa shape index (κ2) is 7.21. The summed E-state index contributed by atoms with van der Waals surface area (Å²) < 4.78 is 38.0. The Kier molecular flexibility index (Phi) is 5.81. The summed E-state index contributed by atoms with van der Waals surface area (Å²) in [5.41, 5.74) is 0. The normalized spacial score (nSPS) is 31.2. The van der Waals surface area contributed by atoms with Gasteiger partial charge in [0.05, 0.1) is 5.92 Å². The van der Waals surface area contributed by atoms with E-state index in [9.17, 15) is 18.0 Å². The lowest BCUT2D eigenvalue weighted by Crippen LogP contribution is -2.44. The zero-order valence-electron chi connectivity index (χ0n) is 12.2. The van der Waals surface area contributed by atoms with Crippen molar-refractivity contribution >= 4 is 17.5 Å². The van der Waals surface area contributed by atoms with Crippen LogP contribution in [0.5, 0.6) is 0 Å². The topological polar surface area (TPSA) is 20.3 Å². The van der Waals surface area contributed by atoms with Crippen LogP contribution in [0.4, 0.5) is 13.2 Å². The van der Waals surface area contributed by atoms with Crippen LogP contribution in [-0.2, 0) is 4.79 Å². The molecule has 1 saturated heterocycles. The molecule has 1 aliphatic heterocycles. The van der Waals surface area contributed by atoms with Gasteiger partial charge < -0.3 is 4.90 Å². The third-order valence-corrected chi connectivity index (χ3v) is 5.11. The van der Waals surface area contributed by atoms with Crippen molar-refractivity contribution in [3.05, 3.63) is 0 Å². The van der Waals surface area contributed by atoms with Crippen LogP contribution in [-0.4, -0.2) is 36.0 Å². The number of rotatable bonds is 3. The molecule has 0 aromatic heterocycles. The van der Waals surface area contributed by atoms with Crippen molar-refractivity contribution in [1.82, 2.24) is 4.90 Å². The first-order valence-corrected chi connectivity index (χ1v) is 8.36. The van der Waals surface area contributed by atoms with Crippen molar-refractivity contribution in [2.75, 3.05) is 19.0 Å². The van der Waals surface area contributed by atoms with Crippen molar-refractivity contribution in [2.45, 2.75) is 51.1 Å². The van der Waals surface area contributed by atoms with E-state index in [1.807, 2.05) is 4.90 Å². The minimum absolute atomic E-state index is 0.0647. The van der Waals surface area contributed by atoms with Crippen molar-refractivity contribution < 1.29 is 18.0 Å². The molecule has 0 bridgehead atoms. The molecule has 2 fully saturated rings. The van der Waals surface area contributed by atoms with Gasteiger partial charge in [-0.2, -0.15) is 13.2 Å². The molecule has 2 nitrogen and oxygen atoms in total. The fourth-order valence-electron chi connectivity index (χ4n) is 3.58. The zero-order valence-corrected chi connectivity index (χ0v) is 12.9. The highest BCUT2D eigenvalue weighted by molar-refractivity contribution is 6.17. The smallest absolute Gasteiger partial charge is 0.342 e. The quantitative estimate of drug-likeness (QED) is 0.711. The van der Waals surface area contributed by atoms with Crippen LogP contribution in [0.25, 0.3) is 0 Å². The molecule has 6 heteroatoms. The van der Waals surface area contributed by atoms with Gasteiger partial charge >= 0.3 is 6.18 Å². The number of piperidine rings is 1. The molecule has 1 atom stereocenters. The fourth-order valence-corrected chi connectivity index (χ4v) is 3.89. The molecule has 0 aromatic carbocycles. The Morgan fingerprint density at radius 2 is 1.81 bits per heavy atom. The number of hydrogen-bond acceptors (Lipinski definition) is 1. The van der Waals surface area contributed by atoms with Gasteiger partial charge in [-0.05, 0) is 50.9 Å². The van der Waals surface area contributed by atoms with Gasteiger partial charge in [0.2, 0.25) is 5.91 Å². The molecule has 0 radical (unpaired) electrons. The molecule has 1 unspecified atom stereocenters. The van der Waals surface area contributed by atoms with Gasteiger partial charge in [-0.1, -0.05) is 0 Å². The number of amides is 1. The Morgan fingerprint density at radius 1 is 1.14 bits per heavy atom. The van der Waals surface area contributed by atoms with E-state index in [1.165, 1.54) is 0 Å². The number of likely N-dealkylation sites (tertiary alicyclic amines) is 1. The summed E-state index contributed by atoms with van der Waals surface area (Å²) in [5.74, 6) is -0.310. The Bertz CT molecular complexity index is 351. The molecule has 0 aromatic rings.